The van der Waals surface area contributed by atoms with Crippen molar-refractivity contribution in [2.45, 2.75) is 51.3 Å². The average Bonchev–Trinajstić information content (AvgIpc) is 2.95. The Balaban J connectivity index is 1.74. The van der Waals surface area contributed by atoms with Gasteiger partial charge in [0.2, 0.25) is 0 Å². The third-order valence-electron chi connectivity index (χ3n) is 5.47. The molecule has 1 aliphatic rings. The molecule has 4 atom stereocenters. The lowest BCUT2D eigenvalue weighted by molar-refractivity contribution is 0.0716. The van der Waals surface area contributed by atoms with Crippen LogP contribution in [0, 0.1) is 11.8 Å². The highest BCUT2D eigenvalue weighted by molar-refractivity contribution is 6.31. The standard InChI is InChI=1S/C21H28ClN3O2/c1-13(2)21-23-8-7-15(25-21)9-16-17(12-26)20(27)10-19(16)24-11-14-5-3-4-6-18(14)22/h3-8,13,16-17,19-20,24,26-27H,9-12H2,1-2H3/t16-,17-,19-,20-/m1/s1. The second-order valence-corrected chi connectivity index (χ2v) is 8.06. The lowest BCUT2D eigenvalue weighted by Crippen LogP contribution is -2.36. The van der Waals surface area contributed by atoms with E-state index in [2.05, 4.69) is 29.1 Å². The van der Waals surface area contributed by atoms with Crippen molar-refractivity contribution in [2.75, 3.05) is 6.61 Å². The molecule has 6 heteroatoms. The van der Waals surface area contributed by atoms with Gasteiger partial charge in [-0.15, -0.1) is 0 Å². The van der Waals surface area contributed by atoms with Crippen LogP contribution < -0.4 is 5.32 Å². The Morgan fingerprint density at radius 2 is 2.00 bits per heavy atom. The van der Waals surface area contributed by atoms with Gasteiger partial charge in [0.1, 0.15) is 5.82 Å². The molecule has 3 rings (SSSR count). The van der Waals surface area contributed by atoms with Crippen molar-refractivity contribution in [2.24, 2.45) is 11.8 Å². The van der Waals surface area contributed by atoms with Gasteiger partial charge in [0.25, 0.3) is 0 Å². The molecule has 1 aromatic heterocycles. The topological polar surface area (TPSA) is 78.3 Å². The Kier molecular flexibility index (Phi) is 6.82. The van der Waals surface area contributed by atoms with Crippen molar-refractivity contribution in [3.8, 4) is 0 Å². The lowest BCUT2D eigenvalue weighted by Gasteiger charge is -2.25. The molecule has 0 spiro atoms. The first-order valence-electron chi connectivity index (χ1n) is 9.57. The van der Waals surface area contributed by atoms with E-state index in [0.717, 1.165) is 22.1 Å². The fraction of sp³-hybridized carbons (Fsp3) is 0.524. The van der Waals surface area contributed by atoms with E-state index >= 15 is 0 Å². The molecule has 0 unspecified atom stereocenters. The Hall–Kier alpha value is -1.53. The number of aliphatic hydroxyl groups excluding tert-OH is 2. The summed E-state index contributed by atoms with van der Waals surface area (Å²) >= 11 is 6.26. The van der Waals surface area contributed by atoms with E-state index in [-0.39, 0.29) is 30.4 Å². The Bertz CT molecular complexity index is 756. The molecule has 1 saturated carbocycles. The number of benzene rings is 1. The number of aliphatic hydroxyl groups is 2. The van der Waals surface area contributed by atoms with Crippen molar-refractivity contribution >= 4 is 11.6 Å². The first-order chi connectivity index (χ1) is 13.0. The molecule has 27 heavy (non-hydrogen) atoms. The number of nitrogens with one attached hydrogen (secondary N) is 1. The maximum Gasteiger partial charge on any atom is 0.131 e. The largest absolute Gasteiger partial charge is 0.396 e. The molecule has 0 aliphatic heterocycles. The molecule has 1 aromatic carbocycles. The Labute approximate surface area is 165 Å². The fourth-order valence-electron chi connectivity index (χ4n) is 3.91. The van der Waals surface area contributed by atoms with E-state index in [9.17, 15) is 10.2 Å². The molecule has 1 heterocycles. The van der Waals surface area contributed by atoms with Crippen molar-refractivity contribution < 1.29 is 10.2 Å². The molecule has 3 N–H and O–H groups in total. The van der Waals surface area contributed by atoms with Crippen LogP contribution >= 0.6 is 11.6 Å². The van der Waals surface area contributed by atoms with Crippen molar-refractivity contribution in [3.63, 3.8) is 0 Å². The average molecular weight is 390 g/mol. The molecule has 0 radical (unpaired) electrons. The van der Waals surface area contributed by atoms with Gasteiger partial charge < -0.3 is 15.5 Å². The molecule has 146 valence electrons. The molecular formula is C21H28ClN3O2. The summed E-state index contributed by atoms with van der Waals surface area (Å²) in [5, 5.41) is 24.6. The van der Waals surface area contributed by atoms with E-state index in [1.807, 2.05) is 30.3 Å². The first-order valence-corrected chi connectivity index (χ1v) is 9.95. The minimum absolute atomic E-state index is 0.0295. The summed E-state index contributed by atoms with van der Waals surface area (Å²) in [7, 11) is 0. The molecule has 1 aliphatic carbocycles. The van der Waals surface area contributed by atoms with E-state index in [4.69, 9.17) is 11.6 Å². The van der Waals surface area contributed by atoms with Gasteiger partial charge in [0.05, 0.1) is 6.10 Å². The van der Waals surface area contributed by atoms with Gasteiger partial charge >= 0.3 is 0 Å². The van der Waals surface area contributed by atoms with Crippen LogP contribution in [0.25, 0.3) is 0 Å². The number of aromatic nitrogens is 2. The second kappa shape index (κ2) is 9.11. The predicted octanol–water partition coefficient (Wildman–Crippen LogP) is 2.94. The van der Waals surface area contributed by atoms with Crippen molar-refractivity contribution in [1.82, 2.24) is 15.3 Å². The van der Waals surface area contributed by atoms with E-state index < -0.39 is 6.10 Å². The minimum Gasteiger partial charge on any atom is -0.396 e. The highest BCUT2D eigenvalue weighted by Crippen LogP contribution is 2.35. The van der Waals surface area contributed by atoms with E-state index in [1.165, 1.54) is 0 Å². The number of hydrogen-bond donors (Lipinski definition) is 3. The number of halogens is 1. The van der Waals surface area contributed by atoms with Crippen LogP contribution in [0.2, 0.25) is 5.02 Å². The van der Waals surface area contributed by atoms with Crippen LogP contribution in [0.1, 0.15) is 43.3 Å². The maximum absolute atomic E-state index is 10.4. The van der Waals surface area contributed by atoms with Gasteiger partial charge in [0.15, 0.2) is 0 Å². The maximum atomic E-state index is 10.4. The molecule has 0 saturated heterocycles. The van der Waals surface area contributed by atoms with Gasteiger partial charge in [-0.1, -0.05) is 43.6 Å². The lowest BCUT2D eigenvalue weighted by atomic mass is 9.88. The SMILES string of the molecule is CC(C)c1nccc(C[C@@H]2[C@@H](CO)[C@H](O)C[C@H]2NCc2ccccc2Cl)n1. The molecule has 1 fully saturated rings. The third kappa shape index (κ3) is 4.85. The molecule has 0 bridgehead atoms. The zero-order valence-electron chi connectivity index (χ0n) is 15.8. The van der Waals surface area contributed by atoms with Gasteiger partial charge in [-0.05, 0) is 36.5 Å². The normalized spacial score (nSPS) is 25.3. The molecule has 2 aromatic rings. The zero-order chi connectivity index (χ0) is 19.4. The minimum atomic E-state index is -0.518. The highest BCUT2D eigenvalue weighted by Gasteiger charge is 2.42. The molecule has 0 amide bonds. The number of hydrogen-bond acceptors (Lipinski definition) is 5. The fourth-order valence-corrected chi connectivity index (χ4v) is 4.11. The molecular weight excluding hydrogens is 362 g/mol. The highest BCUT2D eigenvalue weighted by atomic mass is 35.5. The van der Waals surface area contributed by atoms with Crippen LogP contribution in [0.15, 0.2) is 36.5 Å². The predicted molar refractivity (Wildman–Crippen MR) is 107 cm³/mol. The summed E-state index contributed by atoms with van der Waals surface area (Å²) in [6.45, 7) is 4.75. The summed E-state index contributed by atoms with van der Waals surface area (Å²) in [6, 6.07) is 9.77. The van der Waals surface area contributed by atoms with E-state index in [1.54, 1.807) is 6.20 Å². The van der Waals surface area contributed by atoms with Crippen molar-refractivity contribution in [3.05, 3.63) is 58.6 Å². The van der Waals surface area contributed by atoms with Crippen LogP contribution in [0.3, 0.4) is 0 Å². The van der Waals surface area contributed by atoms with Crippen LogP contribution in [-0.4, -0.2) is 38.9 Å². The second-order valence-electron chi connectivity index (χ2n) is 7.66. The van der Waals surface area contributed by atoms with E-state index in [0.29, 0.717) is 19.4 Å². The summed E-state index contributed by atoms with van der Waals surface area (Å²) in [5.41, 5.74) is 1.99. The van der Waals surface area contributed by atoms with Gasteiger partial charge in [-0.3, -0.25) is 0 Å². The number of rotatable bonds is 7. The van der Waals surface area contributed by atoms with Crippen LogP contribution in [0.4, 0.5) is 0 Å². The van der Waals surface area contributed by atoms with Gasteiger partial charge in [-0.25, -0.2) is 9.97 Å². The van der Waals surface area contributed by atoms with Crippen LogP contribution in [-0.2, 0) is 13.0 Å². The summed E-state index contributed by atoms with van der Waals surface area (Å²) in [6.07, 6.45) is 2.59. The van der Waals surface area contributed by atoms with Gasteiger partial charge in [-0.2, -0.15) is 0 Å². The summed E-state index contributed by atoms with van der Waals surface area (Å²) in [4.78, 5) is 9.01. The molecule has 5 nitrogen and oxygen atoms in total. The Morgan fingerprint density at radius 1 is 1.22 bits per heavy atom. The smallest absolute Gasteiger partial charge is 0.131 e. The van der Waals surface area contributed by atoms with Gasteiger partial charge in [0, 0.05) is 47.9 Å². The third-order valence-corrected chi connectivity index (χ3v) is 5.84. The first kappa shape index (κ1) is 20.2. The zero-order valence-corrected chi connectivity index (χ0v) is 16.6. The monoisotopic (exact) mass is 389 g/mol. The summed E-state index contributed by atoms with van der Waals surface area (Å²) < 4.78 is 0. The van der Waals surface area contributed by atoms with Crippen LogP contribution in [0.5, 0.6) is 0 Å². The quantitative estimate of drug-likeness (QED) is 0.678. The summed E-state index contributed by atoms with van der Waals surface area (Å²) in [5.74, 6) is 1.03. The van der Waals surface area contributed by atoms with Crippen molar-refractivity contribution in [1.29, 1.82) is 0 Å². The number of nitrogens with zero attached hydrogens (tertiary/aromatic N) is 2. The Morgan fingerprint density at radius 3 is 2.70 bits per heavy atom.